The van der Waals surface area contributed by atoms with Gasteiger partial charge in [0.1, 0.15) is 5.69 Å². The van der Waals surface area contributed by atoms with E-state index >= 15 is 0 Å². The monoisotopic (exact) mass is 323 g/mol. The molecule has 4 aromatic rings. The third kappa shape index (κ3) is 1.95. The molecule has 0 radical (unpaired) electrons. The van der Waals surface area contributed by atoms with E-state index in [2.05, 4.69) is 9.36 Å². The number of hydrogen-bond donors (Lipinski definition) is 1. The molecule has 4 rings (SSSR count). The van der Waals surface area contributed by atoms with Gasteiger partial charge in [-0.2, -0.15) is 0 Å². The Bertz CT molecular complexity index is 1180. The number of aryl methyl sites for hydroxylation is 2. The molecule has 2 aromatic carbocycles. The van der Waals surface area contributed by atoms with E-state index in [9.17, 15) is 9.59 Å². The van der Waals surface area contributed by atoms with E-state index in [-0.39, 0.29) is 11.1 Å². The molecule has 0 aliphatic carbocycles. The second kappa shape index (κ2) is 4.89. The zero-order valence-electron chi connectivity index (χ0n) is 12.6. The quantitative estimate of drug-likeness (QED) is 0.586. The van der Waals surface area contributed by atoms with E-state index in [0.29, 0.717) is 16.6 Å². The lowest BCUT2D eigenvalue weighted by molar-refractivity contribution is 0.895. The van der Waals surface area contributed by atoms with Crippen LogP contribution in [0.25, 0.3) is 32.4 Å². The van der Waals surface area contributed by atoms with Gasteiger partial charge in [0.05, 0.1) is 21.1 Å². The minimum atomic E-state index is -0.170. The van der Waals surface area contributed by atoms with Crippen molar-refractivity contribution in [3.63, 3.8) is 0 Å². The molecule has 0 atom stereocenters. The normalized spacial score (nSPS) is 11.4. The van der Waals surface area contributed by atoms with Crippen LogP contribution in [0.4, 0.5) is 0 Å². The number of H-pyrrole nitrogens is 1. The van der Waals surface area contributed by atoms with E-state index < -0.39 is 0 Å². The SMILES string of the molecule is Cc1cccc2c1nc(-c1cccc3c(=O)[nH]sc13)c(=O)n2C. The van der Waals surface area contributed by atoms with Crippen molar-refractivity contribution in [1.82, 2.24) is 13.9 Å². The van der Waals surface area contributed by atoms with Crippen LogP contribution < -0.4 is 11.1 Å². The summed E-state index contributed by atoms with van der Waals surface area (Å²) in [5.74, 6) is 0. The Morgan fingerprint density at radius 1 is 1.13 bits per heavy atom. The van der Waals surface area contributed by atoms with E-state index in [1.807, 2.05) is 31.2 Å². The molecule has 114 valence electrons. The number of rotatable bonds is 1. The van der Waals surface area contributed by atoms with E-state index in [4.69, 9.17) is 0 Å². The largest absolute Gasteiger partial charge is 0.308 e. The number of aromatic nitrogens is 3. The topological polar surface area (TPSA) is 67.8 Å². The van der Waals surface area contributed by atoms with Crippen LogP contribution in [0, 0.1) is 6.92 Å². The minimum Gasteiger partial charge on any atom is -0.308 e. The maximum Gasteiger partial charge on any atom is 0.277 e. The summed E-state index contributed by atoms with van der Waals surface area (Å²) in [6.45, 7) is 1.97. The van der Waals surface area contributed by atoms with Crippen molar-refractivity contribution in [3.05, 3.63) is 62.7 Å². The average Bonchev–Trinajstić information content (AvgIpc) is 2.93. The lowest BCUT2D eigenvalue weighted by Gasteiger charge is -2.10. The highest BCUT2D eigenvalue weighted by molar-refractivity contribution is 7.13. The smallest absolute Gasteiger partial charge is 0.277 e. The molecule has 0 fully saturated rings. The lowest BCUT2D eigenvalue weighted by atomic mass is 10.1. The first-order chi connectivity index (χ1) is 11.1. The van der Waals surface area contributed by atoms with Crippen molar-refractivity contribution in [3.8, 4) is 11.3 Å². The second-order valence-corrected chi connectivity index (χ2v) is 6.30. The van der Waals surface area contributed by atoms with Crippen molar-refractivity contribution in [1.29, 1.82) is 0 Å². The third-order valence-electron chi connectivity index (χ3n) is 4.07. The van der Waals surface area contributed by atoms with Crippen LogP contribution in [0.5, 0.6) is 0 Å². The van der Waals surface area contributed by atoms with Gasteiger partial charge in [0, 0.05) is 12.6 Å². The maximum absolute atomic E-state index is 12.8. The van der Waals surface area contributed by atoms with Crippen LogP contribution in [0.1, 0.15) is 5.56 Å². The molecule has 6 heteroatoms. The van der Waals surface area contributed by atoms with Gasteiger partial charge >= 0.3 is 0 Å². The average molecular weight is 323 g/mol. The summed E-state index contributed by atoms with van der Waals surface area (Å²) in [7, 11) is 1.75. The van der Waals surface area contributed by atoms with Gasteiger partial charge in [-0.05, 0) is 24.6 Å². The summed E-state index contributed by atoms with van der Waals surface area (Å²) in [6, 6.07) is 11.1. The molecule has 0 amide bonds. The van der Waals surface area contributed by atoms with Crippen molar-refractivity contribution in [2.24, 2.45) is 7.05 Å². The summed E-state index contributed by atoms with van der Waals surface area (Å²) in [6.07, 6.45) is 0. The van der Waals surface area contributed by atoms with Gasteiger partial charge in [-0.15, -0.1) is 0 Å². The Morgan fingerprint density at radius 2 is 1.91 bits per heavy atom. The Morgan fingerprint density at radius 3 is 2.74 bits per heavy atom. The van der Waals surface area contributed by atoms with Crippen molar-refractivity contribution >= 4 is 32.7 Å². The van der Waals surface area contributed by atoms with Crippen molar-refractivity contribution in [2.75, 3.05) is 0 Å². The van der Waals surface area contributed by atoms with Crippen LogP contribution >= 0.6 is 11.5 Å². The highest BCUT2D eigenvalue weighted by atomic mass is 32.1. The summed E-state index contributed by atoms with van der Waals surface area (Å²) < 4.78 is 5.09. The molecule has 0 unspecified atom stereocenters. The molecule has 0 spiro atoms. The standard InChI is InChI=1S/C17H13N3O2S/c1-9-5-3-8-12-13(9)18-14(17(22)20(12)2)10-6-4-7-11-15(10)23-19-16(11)21/h3-8H,1-2H3,(H,19,21). The van der Waals surface area contributed by atoms with Crippen LogP contribution in [0.2, 0.25) is 0 Å². The van der Waals surface area contributed by atoms with Crippen molar-refractivity contribution in [2.45, 2.75) is 6.92 Å². The second-order valence-electron chi connectivity index (χ2n) is 5.48. The fourth-order valence-electron chi connectivity index (χ4n) is 2.83. The molecule has 2 heterocycles. The Hall–Kier alpha value is -2.73. The number of hydrogen-bond acceptors (Lipinski definition) is 4. The summed E-state index contributed by atoms with van der Waals surface area (Å²) >= 11 is 1.23. The zero-order valence-corrected chi connectivity index (χ0v) is 13.4. The first-order valence-corrected chi connectivity index (χ1v) is 7.96. The molecule has 23 heavy (non-hydrogen) atoms. The van der Waals surface area contributed by atoms with Crippen LogP contribution in [0.3, 0.4) is 0 Å². The Kier molecular flexibility index (Phi) is 2.96. The number of benzene rings is 2. The fraction of sp³-hybridized carbons (Fsp3) is 0.118. The van der Waals surface area contributed by atoms with Crippen LogP contribution in [0.15, 0.2) is 46.0 Å². The minimum absolute atomic E-state index is 0.138. The molecule has 0 aliphatic heterocycles. The first-order valence-electron chi connectivity index (χ1n) is 7.15. The van der Waals surface area contributed by atoms with E-state index in [0.717, 1.165) is 21.3 Å². The Labute approximate surface area is 135 Å². The van der Waals surface area contributed by atoms with Gasteiger partial charge in [0.15, 0.2) is 0 Å². The number of aromatic amines is 1. The molecule has 0 bridgehead atoms. The molecule has 0 aliphatic rings. The van der Waals surface area contributed by atoms with Crippen LogP contribution in [-0.4, -0.2) is 13.9 Å². The number of nitrogens with one attached hydrogen (secondary N) is 1. The predicted molar refractivity (Wildman–Crippen MR) is 93.2 cm³/mol. The van der Waals surface area contributed by atoms with Gasteiger partial charge < -0.3 is 4.57 Å². The van der Waals surface area contributed by atoms with Gasteiger partial charge in [-0.25, -0.2) is 4.98 Å². The molecule has 5 nitrogen and oxygen atoms in total. The number of nitrogens with zero attached hydrogens (tertiary/aromatic N) is 2. The van der Waals surface area contributed by atoms with Crippen LogP contribution in [-0.2, 0) is 7.05 Å². The van der Waals surface area contributed by atoms with Crippen molar-refractivity contribution < 1.29 is 0 Å². The zero-order chi connectivity index (χ0) is 16.1. The highest BCUT2D eigenvalue weighted by Crippen LogP contribution is 2.27. The predicted octanol–water partition coefficient (Wildman–Crippen LogP) is 2.81. The maximum atomic E-state index is 12.8. The molecule has 0 saturated heterocycles. The lowest BCUT2D eigenvalue weighted by Crippen LogP contribution is -2.21. The Balaban J connectivity index is 2.17. The summed E-state index contributed by atoms with van der Waals surface area (Å²) in [4.78, 5) is 29.2. The van der Waals surface area contributed by atoms with Gasteiger partial charge in [0.2, 0.25) is 0 Å². The summed E-state index contributed by atoms with van der Waals surface area (Å²) in [5.41, 5.74) is 3.36. The van der Waals surface area contributed by atoms with Gasteiger partial charge in [-0.3, -0.25) is 14.0 Å². The first kappa shape index (κ1) is 13.9. The molecule has 0 saturated carbocycles. The number of fused-ring (bicyclic) bond motifs is 2. The fourth-order valence-corrected chi connectivity index (χ4v) is 3.68. The number of para-hydroxylation sites is 1. The molecule has 2 aromatic heterocycles. The summed E-state index contributed by atoms with van der Waals surface area (Å²) in [5, 5.41) is 0.584. The highest BCUT2D eigenvalue weighted by Gasteiger charge is 2.16. The third-order valence-corrected chi connectivity index (χ3v) is 5.00. The molecule has 1 N–H and O–H groups in total. The molecular formula is C17H13N3O2S. The van der Waals surface area contributed by atoms with Gasteiger partial charge in [-0.1, -0.05) is 35.8 Å². The van der Waals surface area contributed by atoms with Gasteiger partial charge in [0.25, 0.3) is 11.1 Å². The van der Waals surface area contributed by atoms with E-state index in [1.54, 1.807) is 23.7 Å². The molecular weight excluding hydrogens is 310 g/mol. The van der Waals surface area contributed by atoms with E-state index in [1.165, 1.54) is 11.5 Å².